The van der Waals surface area contributed by atoms with Crippen molar-refractivity contribution >= 4 is 29.2 Å². The number of nitrogens with zero attached hydrogens (tertiary/aromatic N) is 1. The van der Waals surface area contributed by atoms with Gasteiger partial charge in [-0.25, -0.2) is 4.79 Å². The molecule has 35 heavy (non-hydrogen) atoms. The predicted octanol–water partition coefficient (Wildman–Crippen LogP) is 5.03. The molecule has 0 unspecified atom stereocenters. The fourth-order valence-electron chi connectivity index (χ4n) is 3.88. The molecule has 3 N–H and O–H groups in total. The molecule has 0 saturated heterocycles. The van der Waals surface area contributed by atoms with Crippen LogP contribution in [0.4, 0.5) is 16.2 Å². The van der Waals surface area contributed by atoms with Crippen LogP contribution in [0.2, 0.25) is 0 Å². The molecular weight excluding hydrogens is 440 g/mol. The number of carbonyl (C=O) groups excluding carboxylic acids is 3. The Balaban J connectivity index is 1.20. The van der Waals surface area contributed by atoms with Crippen LogP contribution in [0.5, 0.6) is 0 Å². The third kappa shape index (κ3) is 6.06. The minimum atomic E-state index is -0.343. The number of hydrogen-bond donors (Lipinski definition) is 3. The number of benzene rings is 3. The second kappa shape index (κ2) is 10.0. The molecule has 0 radical (unpaired) electrons. The van der Waals surface area contributed by atoms with Gasteiger partial charge in [-0.05, 0) is 79.8 Å². The lowest BCUT2D eigenvalue weighted by molar-refractivity contribution is 0.0729. The van der Waals surface area contributed by atoms with Crippen molar-refractivity contribution in [2.24, 2.45) is 0 Å². The van der Waals surface area contributed by atoms with Gasteiger partial charge in [-0.1, -0.05) is 30.3 Å². The summed E-state index contributed by atoms with van der Waals surface area (Å²) in [5.74, 6) is -0.0799. The summed E-state index contributed by atoms with van der Waals surface area (Å²) in [6, 6.07) is 23.8. The van der Waals surface area contributed by atoms with Gasteiger partial charge in [0.15, 0.2) is 0 Å². The van der Waals surface area contributed by atoms with Gasteiger partial charge < -0.3 is 20.9 Å². The molecular formula is C28H28N4O3. The van der Waals surface area contributed by atoms with Crippen molar-refractivity contribution in [2.75, 3.05) is 10.6 Å². The molecule has 7 heteroatoms. The average molecular weight is 469 g/mol. The summed E-state index contributed by atoms with van der Waals surface area (Å²) < 4.78 is 0. The van der Waals surface area contributed by atoms with Gasteiger partial charge in [-0.3, -0.25) is 9.59 Å². The normalized spacial score (nSPS) is 14.6. The van der Waals surface area contributed by atoms with E-state index in [0.717, 1.165) is 31.2 Å². The number of hydrogen-bond acceptors (Lipinski definition) is 3. The highest BCUT2D eigenvalue weighted by Gasteiger charge is 2.33. The summed E-state index contributed by atoms with van der Waals surface area (Å²) in [5.41, 5.74) is 3.52. The van der Waals surface area contributed by atoms with Crippen LogP contribution in [0.25, 0.3) is 0 Å². The van der Waals surface area contributed by atoms with Gasteiger partial charge in [0.25, 0.3) is 11.8 Å². The Labute approximate surface area is 204 Å². The summed E-state index contributed by atoms with van der Waals surface area (Å²) in [4.78, 5) is 39.6. The van der Waals surface area contributed by atoms with Crippen LogP contribution in [0, 0.1) is 0 Å². The Morgan fingerprint density at radius 1 is 0.714 bits per heavy atom. The highest BCUT2D eigenvalue weighted by molar-refractivity contribution is 6.00. The lowest BCUT2D eigenvalue weighted by Gasteiger charge is -2.23. The van der Waals surface area contributed by atoms with Crippen LogP contribution >= 0.6 is 0 Å². The predicted molar refractivity (Wildman–Crippen MR) is 135 cm³/mol. The van der Waals surface area contributed by atoms with E-state index in [2.05, 4.69) is 16.0 Å². The van der Waals surface area contributed by atoms with Crippen LogP contribution in [-0.2, 0) is 6.54 Å². The van der Waals surface area contributed by atoms with Gasteiger partial charge in [-0.15, -0.1) is 0 Å². The summed E-state index contributed by atoms with van der Waals surface area (Å²) in [7, 11) is 0. The van der Waals surface area contributed by atoms with Crippen molar-refractivity contribution in [2.45, 2.75) is 44.3 Å². The van der Waals surface area contributed by atoms with Crippen LogP contribution in [0.3, 0.4) is 0 Å². The highest BCUT2D eigenvalue weighted by Crippen LogP contribution is 2.30. The number of anilines is 2. The molecule has 3 aromatic rings. The molecule has 0 aliphatic heterocycles. The lowest BCUT2D eigenvalue weighted by Crippen LogP contribution is -2.32. The minimum absolute atomic E-state index is 0.0386. The molecule has 0 bridgehead atoms. The molecule has 2 fully saturated rings. The number of para-hydroxylation sites is 1. The second-order valence-electron chi connectivity index (χ2n) is 9.13. The average Bonchev–Trinajstić information content (AvgIpc) is 3.79. The van der Waals surface area contributed by atoms with Gasteiger partial charge in [0.05, 0.1) is 0 Å². The van der Waals surface area contributed by atoms with E-state index in [1.165, 1.54) is 0 Å². The first kappa shape index (κ1) is 22.7. The van der Waals surface area contributed by atoms with Crippen molar-refractivity contribution in [3.05, 3.63) is 95.6 Å². The summed E-state index contributed by atoms with van der Waals surface area (Å²) >= 11 is 0. The topological polar surface area (TPSA) is 90.5 Å². The maximum Gasteiger partial charge on any atom is 0.323 e. The highest BCUT2D eigenvalue weighted by atomic mass is 16.2. The third-order valence-electron chi connectivity index (χ3n) is 6.15. The number of nitrogens with one attached hydrogen (secondary N) is 3. The maximum absolute atomic E-state index is 13.3. The molecule has 0 atom stereocenters. The van der Waals surface area contributed by atoms with E-state index in [4.69, 9.17) is 0 Å². The first-order valence-electron chi connectivity index (χ1n) is 12.0. The van der Waals surface area contributed by atoms with E-state index in [-0.39, 0.29) is 23.9 Å². The Kier molecular flexibility index (Phi) is 6.48. The Morgan fingerprint density at radius 3 is 1.91 bits per heavy atom. The fraction of sp³-hybridized carbons (Fsp3) is 0.250. The minimum Gasteiger partial charge on any atom is -0.349 e. The van der Waals surface area contributed by atoms with Crippen LogP contribution in [0.1, 0.15) is 52.0 Å². The van der Waals surface area contributed by atoms with E-state index in [1.54, 1.807) is 24.3 Å². The van der Waals surface area contributed by atoms with Crippen LogP contribution in [-0.4, -0.2) is 34.8 Å². The first-order valence-corrected chi connectivity index (χ1v) is 12.0. The van der Waals surface area contributed by atoms with Gasteiger partial charge >= 0.3 is 6.03 Å². The Morgan fingerprint density at radius 2 is 1.31 bits per heavy atom. The van der Waals surface area contributed by atoms with Crippen molar-refractivity contribution in [3.63, 3.8) is 0 Å². The zero-order chi connectivity index (χ0) is 24.2. The van der Waals surface area contributed by atoms with Crippen LogP contribution < -0.4 is 16.0 Å². The molecule has 0 spiro atoms. The summed E-state index contributed by atoms with van der Waals surface area (Å²) in [6.45, 7) is 0.494. The van der Waals surface area contributed by atoms with Gasteiger partial charge in [-0.2, -0.15) is 0 Å². The maximum atomic E-state index is 13.3. The van der Waals surface area contributed by atoms with Gasteiger partial charge in [0.1, 0.15) is 0 Å². The van der Waals surface area contributed by atoms with Crippen LogP contribution in [0.15, 0.2) is 78.9 Å². The monoisotopic (exact) mass is 468 g/mol. The zero-order valence-corrected chi connectivity index (χ0v) is 19.4. The number of carbonyl (C=O) groups is 3. The SMILES string of the molecule is O=C(Nc1ccccc1)Nc1ccc(C(=O)N(Cc2ccc(C(=O)NC3CC3)cc2)C2CC2)cc1. The molecule has 2 aliphatic carbocycles. The van der Waals surface area contributed by atoms with E-state index >= 15 is 0 Å². The van der Waals surface area contributed by atoms with Gasteiger partial charge in [0, 0.05) is 41.1 Å². The van der Waals surface area contributed by atoms with Crippen molar-refractivity contribution < 1.29 is 14.4 Å². The molecule has 0 aromatic heterocycles. The summed E-state index contributed by atoms with van der Waals surface area (Å²) in [6.07, 6.45) is 4.10. The third-order valence-corrected chi connectivity index (χ3v) is 6.15. The van der Waals surface area contributed by atoms with E-state index < -0.39 is 0 Å². The van der Waals surface area contributed by atoms with Crippen molar-refractivity contribution in [1.29, 1.82) is 0 Å². The fourth-order valence-corrected chi connectivity index (χ4v) is 3.88. The van der Waals surface area contributed by atoms with E-state index in [9.17, 15) is 14.4 Å². The molecule has 2 aliphatic rings. The van der Waals surface area contributed by atoms with Crippen molar-refractivity contribution in [3.8, 4) is 0 Å². The van der Waals surface area contributed by atoms with E-state index in [0.29, 0.717) is 35.1 Å². The Bertz CT molecular complexity index is 1200. The zero-order valence-electron chi connectivity index (χ0n) is 19.4. The number of urea groups is 1. The first-order chi connectivity index (χ1) is 17.0. The van der Waals surface area contributed by atoms with Gasteiger partial charge in [0.2, 0.25) is 0 Å². The molecule has 4 amide bonds. The quantitative estimate of drug-likeness (QED) is 0.433. The second-order valence-corrected chi connectivity index (χ2v) is 9.13. The molecule has 0 heterocycles. The largest absolute Gasteiger partial charge is 0.349 e. The summed E-state index contributed by atoms with van der Waals surface area (Å²) in [5, 5.41) is 8.55. The number of amides is 4. The smallest absolute Gasteiger partial charge is 0.323 e. The lowest BCUT2D eigenvalue weighted by atomic mass is 10.1. The Hall–Kier alpha value is -4.13. The molecule has 178 valence electrons. The molecule has 3 aromatic carbocycles. The molecule has 5 rings (SSSR count). The van der Waals surface area contributed by atoms with Crippen molar-refractivity contribution in [1.82, 2.24) is 10.2 Å². The number of rotatable bonds is 8. The molecule has 2 saturated carbocycles. The molecule has 7 nitrogen and oxygen atoms in total. The standard InChI is InChI=1S/C28H28N4O3/c33-26(29-23-14-15-23)20-8-6-19(7-9-20)18-32(25-16-17-25)27(34)21-10-12-24(13-11-21)31-28(35)30-22-4-2-1-3-5-22/h1-13,23,25H,14-18H2,(H,29,33)(H2,30,31,35). The van der Waals surface area contributed by atoms with E-state index in [1.807, 2.05) is 59.5 Å².